The molecule has 0 unspecified atom stereocenters. The summed E-state index contributed by atoms with van der Waals surface area (Å²) >= 11 is 5.10. The molecule has 0 aliphatic heterocycles. The minimum atomic E-state index is 0.0349. The third-order valence-electron chi connectivity index (χ3n) is 2.64. The minimum absolute atomic E-state index is 0.0349. The molecular weight excluding hydrogens is 336 g/mol. The van der Waals surface area contributed by atoms with Gasteiger partial charge in [-0.05, 0) is 23.8 Å². The minimum Gasteiger partial charge on any atom is -0.350 e. The molecule has 3 nitrogen and oxygen atoms in total. The number of amides is 1. The van der Waals surface area contributed by atoms with E-state index in [1.165, 1.54) is 5.56 Å². The van der Waals surface area contributed by atoms with Crippen LogP contribution in [0.2, 0.25) is 0 Å². The number of nitrogens with zero attached hydrogens (tertiary/aromatic N) is 1. The Kier molecular flexibility index (Phi) is 6.08. The van der Waals surface area contributed by atoms with Crippen molar-refractivity contribution >= 4 is 33.6 Å². The Bertz CT molecular complexity index is 563. The van der Waals surface area contributed by atoms with Gasteiger partial charge in [-0.15, -0.1) is 11.8 Å². The van der Waals surface area contributed by atoms with Gasteiger partial charge in [0.05, 0.1) is 18.0 Å². The lowest BCUT2D eigenvalue weighted by molar-refractivity contribution is -0.118. The fourth-order valence-corrected chi connectivity index (χ4v) is 3.08. The number of halogens is 1. The first-order chi connectivity index (χ1) is 9.75. The standard InChI is InChI=1S/C15H15BrN2OS/c16-14-7-2-1-5-12(14)10-20-11-15(19)18-9-13-6-3-4-8-17-13/h1-8H,9-11H2,(H,18,19). The molecule has 0 radical (unpaired) electrons. The van der Waals surface area contributed by atoms with Gasteiger partial charge in [0.2, 0.25) is 5.91 Å². The summed E-state index contributed by atoms with van der Waals surface area (Å²) in [5.74, 6) is 1.31. The molecule has 2 rings (SSSR count). The predicted molar refractivity (Wildman–Crippen MR) is 86.4 cm³/mol. The number of nitrogens with one attached hydrogen (secondary N) is 1. The zero-order valence-corrected chi connectivity index (χ0v) is 13.3. The highest BCUT2D eigenvalue weighted by Crippen LogP contribution is 2.20. The number of carbonyl (C=O) groups excluding carboxylic acids is 1. The molecule has 20 heavy (non-hydrogen) atoms. The molecular formula is C15H15BrN2OS. The first kappa shape index (κ1) is 15.1. The Morgan fingerprint density at radius 2 is 2.00 bits per heavy atom. The van der Waals surface area contributed by atoms with Crippen molar-refractivity contribution < 1.29 is 4.79 Å². The summed E-state index contributed by atoms with van der Waals surface area (Å²) in [7, 11) is 0. The third-order valence-corrected chi connectivity index (χ3v) is 4.40. The zero-order valence-electron chi connectivity index (χ0n) is 10.9. The monoisotopic (exact) mass is 350 g/mol. The smallest absolute Gasteiger partial charge is 0.230 e. The quantitative estimate of drug-likeness (QED) is 0.867. The zero-order chi connectivity index (χ0) is 14.2. The Morgan fingerprint density at radius 3 is 2.75 bits per heavy atom. The summed E-state index contributed by atoms with van der Waals surface area (Å²) in [6.45, 7) is 0.481. The van der Waals surface area contributed by atoms with Crippen molar-refractivity contribution in [2.24, 2.45) is 0 Å². The van der Waals surface area contributed by atoms with Crippen LogP contribution in [-0.4, -0.2) is 16.6 Å². The number of carbonyl (C=O) groups is 1. The number of hydrogen-bond donors (Lipinski definition) is 1. The van der Waals surface area contributed by atoms with Crippen LogP contribution in [0.15, 0.2) is 53.1 Å². The van der Waals surface area contributed by atoms with E-state index in [1.54, 1.807) is 18.0 Å². The maximum absolute atomic E-state index is 11.7. The number of hydrogen-bond acceptors (Lipinski definition) is 3. The fraction of sp³-hybridized carbons (Fsp3) is 0.200. The first-order valence-electron chi connectivity index (χ1n) is 6.23. The van der Waals surface area contributed by atoms with Gasteiger partial charge in [-0.25, -0.2) is 0 Å². The van der Waals surface area contributed by atoms with E-state index in [2.05, 4.69) is 32.3 Å². The molecule has 0 fully saturated rings. The molecule has 0 saturated heterocycles. The van der Waals surface area contributed by atoms with Crippen LogP contribution in [0.25, 0.3) is 0 Å². The van der Waals surface area contributed by atoms with Crippen LogP contribution >= 0.6 is 27.7 Å². The van der Waals surface area contributed by atoms with Gasteiger partial charge in [-0.2, -0.15) is 0 Å². The van der Waals surface area contributed by atoms with E-state index in [4.69, 9.17) is 0 Å². The first-order valence-corrected chi connectivity index (χ1v) is 8.18. The molecule has 2 aromatic rings. The lowest BCUT2D eigenvalue weighted by Crippen LogP contribution is -2.25. The average Bonchev–Trinajstić information content (AvgIpc) is 2.48. The van der Waals surface area contributed by atoms with Gasteiger partial charge < -0.3 is 5.32 Å². The highest BCUT2D eigenvalue weighted by molar-refractivity contribution is 9.10. The maximum Gasteiger partial charge on any atom is 0.230 e. The van der Waals surface area contributed by atoms with Crippen LogP contribution in [0, 0.1) is 0 Å². The third kappa shape index (κ3) is 4.98. The van der Waals surface area contributed by atoms with Crippen molar-refractivity contribution in [1.82, 2.24) is 10.3 Å². The fourth-order valence-electron chi connectivity index (χ4n) is 1.61. The second kappa shape index (κ2) is 8.07. The van der Waals surface area contributed by atoms with Gasteiger partial charge in [0.25, 0.3) is 0 Å². The van der Waals surface area contributed by atoms with E-state index >= 15 is 0 Å². The van der Waals surface area contributed by atoms with Crippen LogP contribution in [0.4, 0.5) is 0 Å². The maximum atomic E-state index is 11.7. The molecule has 0 bridgehead atoms. The molecule has 0 spiro atoms. The molecule has 0 aliphatic carbocycles. The van der Waals surface area contributed by atoms with Gasteiger partial charge >= 0.3 is 0 Å². The summed E-state index contributed by atoms with van der Waals surface area (Å²) in [4.78, 5) is 15.9. The van der Waals surface area contributed by atoms with E-state index in [1.807, 2.05) is 36.4 Å². The normalized spacial score (nSPS) is 10.2. The Morgan fingerprint density at radius 1 is 1.20 bits per heavy atom. The predicted octanol–water partition coefficient (Wildman–Crippen LogP) is 3.39. The molecule has 104 valence electrons. The van der Waals surface area contributed by atoms with Gasteiger partial charge in [0.15, 0.2) is 0 Å². The van der Waals surface area contributed by atoms with Crippen LogP contribution in [0.5, 0.6) is 0 Å². The molecule has 0 aliphatic rings. The number of aromatic nitrogens is 1. The van der Waals surface area contributed by atoms with Crippen molar-refractivity contribution in [2.45, 2.75) is 12.3 Å². The Hall–Kier alpha value is -1.33. The van der Waals surface area contributed by atoms with Gasteiger partial charge in [-0.3, -0.25) is 9.78 Å². The molecule has 1 aromatic heterocycles. The SMILES string of the molecule is O=C(CSCc1ccccc1Br)NCc1ccccn1. The molecule has 0 saturated carbocycles. The second-order valence-electron chi connectivity index (χ2n) is 4.18. The number of pyridine rings is 1. The van der Waals surface area contributed by atoms with E-state index < -0.39 is 0 Å². The van der Waals surface area contributed by atoms with Crippen molar-refractivity contribution in [2.75, 3.05) is 5.75 Å². The summed E-state index contributed by atoms with van der Waals surface area (Å²) in [5, 5.41) is 2.87. The van der Waals surface area contributed by atoms with Crippen LogP contribution in [-0.2, 0) is 17.1 Å². The van der Waals surface area contributed by atoms with E-state index in [9.17, 15) is 4.79 Å². The van der Waals surface area contributed by atoms with Crippen LogP contribution < -0.4 is 5.32 Å². The topological polar surface area (TPSA) is 42.0 Å². The van der Waals surface area contributed by atoms with Crippen LogP contribution in [0.1, 0.15) is 11.3 Å². The highest BCUT2D eigenvalue weighted by Gasteiger charge is 2.04. The Labute approximate surface area is 131 Å². The largest absolute Gasteiger partial charge is 0.350 e. The molecule has 5 heteroatoms. The summed E-state index contributed by atoms with van der Waals surface area (Å²) in [6, 6.07) is 13.7. The second-order valence-corrected chi connectivity index (χ2v) is 6.02. The van der Waals surface area contributed by atoms with Gasteiger partial charge in [-0.1, -0.05) is 40.2 Å². The van der Waals surface area contributed by atoms with Crippen molar-refractivity contribution in [1.29, 1.82) is 0 Å². The molecule has 1 N–H and O–H groups in total. The Balaban J connectivity index is 1.69. The van der Waals surface area contributed by atoms with Gasteiger partial charge in [0.1, 0.15) is 0 Å². The highest BCUT2D eigenvalue weighted by atomic mass is 79.9. The molecule has 0 atom stereocenters. The van der Waals surface area contributed by atoms with Crippen LogP contribution in [0.3, 0.4) is 0 Å². The lowest BCUT2D eigenvalue weighted by atomic mass is 10.2. The number of thioether (sulfide) groups is 1. The van der Waals surface area contributed by atoms with Crippen molar-refractivity contribution in [3.63, 3.8) is 0 Å². The van der Waals surface area contributed by atoms with E-state index in [0.717, 1.165) is 15.9 Å². The lowest BCUT2D eigenvalue weighted by Gasteiger charge is -2.06. The number of benzene rings is 1. The summed E-state index contributed by atoms with van der Waals surface area (Å²) in [5.41, 5.74) is 2.08. The average molecular weight is 351 g/mol. The molecule has 1 amide bonds. The molecule has 1 heterocycles. The van der Waals surface area contributed by atoms with Crippen molar-refractivity contribution in [3.8, 4) is 0 Å². The summed E-state index contributed by atoms with van der Waals surface area (Å²) in [6.07, 6.45) is 1.73. The van der Waals surface area contributed by atoms with E-state index in [-0.39, 0.29) is 5.91 Å². The molecule has 1 aromatic carbocycles. The number of rotatable bonds is 6. The van der Waals surface area contributed by atoms with Crippen molar-refractivity contribution in [3.05, 3.63) is 64.4 Å². The van der Waals surface area contributed by atoms with Gasteiger partial charge in [0, 0.05) is 16.4 Å². The summed E-state index contributed by atoms with van der Waals surface area (Å²) < 4.78 is 1.08. The van der Waals surface area contributed by atoms with E-state index in [0.29, 0.717) is 12.3 Å².